The van der Waals surface area contributed by atoms with Crippen LogP contribution < -0.4 is 10.2 Å². The van der Waals surface area contributed by atoms with Gasteiger partial charge in [-0.05, 0) is 58.0 Å². The van der Waals surface area contributed by atoms with E-state index in [0.29, 0.717) is 0 Å². The van der Waals surface area contributed by atoms with Gasteiger partial charge >= 0.3 is 0 Å². The molecule has 1 amide bonds. The van der Waals surface area contributed by atoms with Gasteiger partial charge in [0.15, 0.2) is 0 Å². The van der Waals surface area contributed by atoms with Crippen molar-refractivity contribution in [2.75, 3.05) is 38.1 Å². The predicted octanol–water partition coefficient (Wildman–Crippen LogP) is 5.26. The van der Waals surface area contributed by atoms with Crippen LogP contribution in [0.5, 0.6) is 0 Å². The number of aryl methyl sites for hydroxylation is 1. The van der Waals surface area contributed by atoms with Crippen molar-refractivity contribution in [1.82, 2.24) is 10.2 Å². The van der Waals surface area contributed by atoms with Crippen molar-refractivity contribution >= 4 is 23.5 Å². The normalized spacial score (nSPS) is 18.3. The molecular formula is C27H40N4O. The number of hydrogen-bond acceptors (Lipinski definition) is 4. The molecule has 32 heavy (non-hydrogen) atoms. The zero-order valence-electron chi connectivity index (χ0n) is 20.5. The van der Waals surface area contributed by atoms with E-state index in [0.717, 1.165) is 56.1 Å². The Kier molecular flexibility index (Phi) is 10.4. The van der Waals surface area contributed by atoms with Gasteiger partial charge in [0, 0.05) is 48.6 Å². The van der Waals surface area contributed by atoms with Crippen LogP contribution >= 0.6 is 0 Å². The van der Waals surface area contributed by atoms with E-state index < -0.39 is 0 Å². The maximum absolute atomic E-state index is 11.1. The molecule has 1 aromatic carbocycles. The minimum atomic E-state index is 0.0199. The smallest absolute Gasteiger partial charge is 0.211 e. The van der Waals surface area contributed by atoms with Crippen LogP contribution in [-0.2, 0) is 4.79 Å². The average Bonchev–Trinajstić information content (AvgIpc) is 3.02. The Morgan fingerprint density at radius 3 is 2.72 bits per heavy atom. The molecule has 5 nitrogen and oxygen atoms in total. The number of nitrogens with zero attached hydrogens (tertiary/aromatic N) is 3. The number of nitrogens with one attached hydrogen (secondary N) is 1. The summed E-state index contributed by atoms with van der Waals surface area (Å²) in [6.07, 6.45) is 10.5. The molecule has 0 spiro atoms. The van der Waals surface area contributed by atoms with Gasteiger partial charge in [0.2, 0.25) is 6.41 Å². The van der Waals surface area contributed by atoms with Crippen molar-refractivity contribution < 1.29 is 4.79 Å². The molecule has 2 rings (SSSR count). The van der Waals surface area contributed by atoms with E-state index >= 15 is 0 Å². The van der Waals surface area contributed by atoms with Crippen molar-refractivity contribution in [3.8, 4) is 0 Å². The number of amides is 1. The van der Waals surface area contributed by atoms with Crippen LogP contribution in [0.3, 0.4) is 0 Å². The minimum Gasteiger partial charge on any atom is -0.370 e. The number of benzene rings is 1. The van der Waals surface area contributed by atoms with Gasteiger partial charge in [-0.1, -0.05) is 50.8 Å². The third-order valence-corrected chi connectivity index (χ3v) is 6.32. The minimum absolute atomic E-state index is 0.0199. The lowest BCUT2D eigenvalue weighted by Crippen LogP contribution is -2.28. The van der Waals surface area contributed by atoms with Crippen LogP contribution in [0, 0.1) is 18.8 Å². The van der Waals surface area contributed by atoms with E-state index in [-0.39, 0.29) is 11.8 Å². The highest BCUT2D eigenvalue weighted by atomic mass is 16.1. The second-order valence-corrected chi connectivity index (χ2v) is 8.51. The van der Waals surface area contributed by atoms with Gasteiger partial charge in [-0.3, -0.25) is 9.79 Å². The molecule has 1 aromatic rings. The number of carbonyl (C=O) groups excluding carboxylic acids is 1. The molecule has 1 fully saturated rings. The van der Waals surface area contributed by atoms with Gasteiger partial charge in [-0.2, -0.15) is 0 Å². The first kappa shape index (κ1) is 25.6. The highest BCUT2D eigenvalue weighted by Crippen LogP contribution is 2.30. The van der Waals surface area contributed by atoms with Gasteiger partial charge in [-0.15, -0.1) is 0 Å². The standard InChI is InChI=1S/C27H40N4O/c1-7-10-12-24(26(9-3)28-20-32)22(5)25(8-2)29-27-19-23(14-13-21(27)4)31-16-11-15-30(6)17-18-31/h7,9-10,12-14,19-20,22,24H,1,8,11,15-18H2,2-6H3,(H,28,32)/b12-10-,26-9+,29-25?. The Bertz CT molecular complexity index is 855. The third kappa shape index (κ3) is 6.92. The largest absolute Gasteiger partial charge is 0.370 e. The van der Waals surface area contributed by atoms with Crippen LogP contribution in [0.4, 0.5) is 11.4 Å². The van der Waals surface area contributed by atoms with Crippen molar-refractivity contribution in [2.45, 2.75) is 40.5 Å². The van der Waals surface area contributed by atoms with Gasteiger partial charge in [0.25, 0.3) is 0 Å². The molecule has 1 heterocycles. The predicted molar refractivity (Wildman–Crippen MR) is 138 cm³/mol. The van der Waals surface area contributed by atoms with Crippen LogP contribution in [0.25, 0.3) is 0 Å². The molecule has 5 heteroatoms. The summed E-state index contributed by atoms with van der Waals surface area (Å²) in [7, 11) is 2.19. The van der Waals surface area contributed by atoms with E-state index in [1.807, 2.05) is 19.1 Å². The van der Waals surface area contributed by atoms with Gasteiger partial charge < -0.3 is 15.1 Å². The summed E-state index contributed by atoms with van der Waals surface area (Å²) < 4.78 is 0. The topological polar surface area (TPSA) is 47.9 Å². The first-order chi connectivity index (χ1) is 15.4. The Morgan fingerprint density at radius 1 is 1.28 bits per heavy atom. The van der Waals surface area contributed by atoms with E-state index in [1.165, 1.54) is 17.7 Å². The maximum atomic E-state index is 11.1. The number of allylic oxidation sites excluding steroid dienone is 4. The first-order valence-corrected chi connectivity index (χ1v) is 11.7. The quantitative estimate of drug-likeness (QED) is 0.309. The van der Waals surface area contributed by atoms with Crippen LogP contribution in [0.15, 0.2) is 59.8 Å². The molecule has 2 atom stereocenters. The van der Waals surface area contributed by atoms with Gasteiger partial charge in [0.1, 0.15) is 0 Å². The van der Waals surface area contributed by atoms with Crippen molar-refractivity contribution in [3.63, 3.8) is 0 Å². The maximum Gasteiger partial charge on any atom is 0.211 e. The first-order valence-electron chi connectivity index (χ1n) is 11.7. The molecule has 1 N–H and O–H groups in total. The van der Waals surface area contributed by atoms with E-state index in [2.05, 4.69) is 73.8 Å². The highest BCUT2D eigenvalue weighted by Gasteiger charge is 2.23. The molecule has 0 bridgehead atoms. The average molecular weight is 437 g/mol. The molecule has 2 unspecified atom stereocenters. The number of anilines is 1. The summed E-state index contributed by atoms with van der Waals surface area (Å²) >= 11 is 0. The zero-order chi connectivity index (χ0) is 23.5. The summed E-state index contributed by atoms with van der Waals surface area (Å²) in [5.74, 6) is 0.149. The van der Waals surface area contributed by atoms with Gasteiger partial charge in [0.05, 0.1) is 5.69 Å². The molecule has 0 saturated carbocycles. The lowest BCUT2D eigenvalue weighted by molar-refractivity contribution is -0.109. The van der Waals surface area contributed by atoms with E-state index in [1.54, 1.807) is 6.08 Å². The number of likely N-dealkylation sites (N-methyl/N-ethyl adjacent to an activating group) is 1. The molecule has 0 radical (unpaired) electrons. The lowest BCUT2D eigenvalue weighted by atomic mass is 9.85. The molecular weight excluding hydrogens is 396 g/mol. The van der Waals surface area contributed by atoms with E-state index in [9.17, 15) is 4.79 Å². The second-order valence-electron chi connectivity index (χ2n) is 8.51. The Morgan fingerprint density at radius 2 is 2.06 bits per heavy atom. The lowest BCUT2D eigenvalue weighted by Gasteiger charge is -2.26. The Labute approximate surface area is 194 Å². The highest BCUT2D eigenvalue weighted by molar-refractivity contribution is 5.90. The fraction of sp³-hybridized carbons (Fsp3) is 0.481. The molecule has 0 aliphatic carbocycles. The summed E-state index contributed by atoms with van der Waals surface area (Å²) in [5.41, 5.74) is 5.44. The van der Waals surface area contributed by atoms with Crippen molar-refractivity contribution in [3.05, 3.63) is 60.3 Å². The number of rotatable bonds is 10. The van der Waals surface area contributed by atoms with Crippen molar-refractivity contribution in [2.24, 2.45) is 16.8 Å². The summed E-state index contributed by atoms with van der Waals surface area (Å²) in [5, 5.41) is 2.87. The Hall–Kier alpha value is -2.66. The number of carbonyl (C=O) groups is 1. The Balaban J connectivity index is 2.38. The number of hydrogen-bond donors (Lipinski definition) is 1. The molecule has 174 valence electrons. The molecule has 1 saturated heterocycles. The van der Waals surface area contributed by atoms with Crippen LogP contribution in [-0.4, -0.2) is 50.2 Å². The molecule has 0 aromatic heterocycles. The van der Waals surface area contributed by atoms with Crippen LogP contribution in [0.2, 0.25) is 0 Å². The third-order valence-electron chi connectivity index (χ3n) is 6.32. The fourth-order valence-electron chi connectivity index (χ4n) is 4.26. The van der Waals surface area contributed by atoms with Crippen LogP contribution in [0.1, 0.15) is 39.2 Å². The van der Waals surface area contributed by atoms with E-state index in [4.69, 9.17) is 4.99 Å². The fourth-order valence-corrected chi connectivity index (χ4v) is 4.26. The zero-order valence-corrected chi connectivity index (χ0v) is 20.5. The molecule has 1 aliphatic rings. The summed E-state index contributed by atoms with van der Waals surface area (Å²) in [4.78, 5) is 21.2. The SMILES string of the molecule is C=C/C=C\C(/C(=C\C)NC=O)C(C)C(CC)=Nc1cc(N2CCCN(C)CC2)ccc1C. The second kappa shape index (κ2) is 13.0. The summed E-state index contributed by atoms with van der Waals surface area (Å²) in [6.45, 7) is 16.5. The molecule has 1 aliphatic heterocycles. The number of aliphatic imine (C=N–C) groups is 1. The van der Waals surface area contributed by atoms with Crippen molar-refractivity contribution in [1.29, 1.82) is 0 Å². The monoisotopic (exact) mass is 436 g/mol. The summed E-state index contributed by atoms with van der Waals surface area (Å²) in [6, 6.07) is 6.63. The van der Waals surface area contributed by atoms with Gasteiger partial charge in [-0.25, -0.2) is 0 Å².